The number of carboxylic acids is 1. The van der Waals surface area contributed by atoms with E-state index >= 15 is 0 Å². The van der Waals surface area contributed by atoms with Gasteiger partial charge in [-0.25, -0.2) is 0 Å². The van der Waals surface area contributed by atoms with Crippen LogP contribution in [0.5, 0.6) is 0 Å². The van der Waals surface area contributed by atoms with Gasteiger partial charge in [-0.1, -0.05) is 11.6 Å². The number of ketones is 1. The van der Waals surface area contributed by atoms with Crippen molar-refractivity contribution in [2.75, 3.05) is 5.73 Å². The van der Waals surface area contributed by atoms with Crippen LogP contribution in [-0.4, -0.2) is 22.9 Å². The van der Waals surface area contributed by atoms with Crippen molar-refractivity contribution < 1.29 is 14.7 Å². The SMILES string of the molecule is Nc1cc(Cl)ccc1C(=O)C[C@@H](N)C(=O)O. The van der Waals surface area contributed by atoms with Crippen molar-refractivity contribution in [2.45, 2.75) is 12.5 Å². The molecule has 0 aliphatic rings. The molecule has 6 heteroatoms. The maximum absolute atomic E-state index is 11.6. The number of anilines is 1. The van der Waals surface area contributed by atoms with Crippen LogP contribution in [0.3, 0.4) is 0 Å². The topological polar surface area (TPSA) is 106 Å². The number of carbonyl (C=O) groups excluding carboxylic acids is 1. The van der Waals surface area contributed by atoms with Crippen LogP contribution in [0.2, 0.25) is 5.02 Å². The lowest BCUT2D eigenvalue weighted by atomic mass is 10.0. The van der Waals surface area contributed by atoms with Crippen molar-refractivity contribution in [3.63, 3.8) is 0 Å². The van der Waals surface area contributed by atoms with Gasteiger partial charge in [0.2, 0.25) is 0 Å². The van der Waals surface area contributed by atoms with Crippen LogP contribution in [0.15, 0.2) is 18.2 Å². The number of carboxylic acid groups (broad SMARTS) is 1. The van der Waals surface area contributed by atoms with Crippen LogP contribution in [0.4, 0.5) is 5.69 Å². The maximum atomic E-state index is 11.6. The van der Waals surface area contributed by atoms with Gasteiger partial charge in [0, 0.05) is 22.7 Å². The van der Waals surface area contributed by atoms with E-state index in [1.165, 1.54) is 18.2 Å². The van der Waals surface area contributed by atoms with Gasteiger partial charge in [-0.3, -0.25) is 9.59 Å². The molecule has 0 aromatic heterocycles. The summed E-state index contributed by atoms with van der Waals surface area (Å²) in [6.07, 6.45) is -0.291. The molecule has 16 heavy (non-hydrogen) atoms. The van der Waals surface area contributed by atoms with Crippen LogP contribution in [0, 0.1) is 0 Å². The van der Waals surface area contributed by atoms with Crippen LogP contribution >= 0.6 is 11.6 Å². The molecule has 0 unspecified atom stereocenters. The monoisotopic (exact) mass is 242 g/mol. The first-order chi connectivity index (χ1) is 7.41. The summed E-state index contributed by atoms with van der Waals surface area (Å²) < 4.78 is 0. The second-order valence-corrected chi connectivity index (χ2v) is 3.74. The molecule has 0 heterocycles. The van der Waals surface area contributed by atoms with Crippen molar-refractivity contribution in [1.82, 2.24) is 0 Å². The van der Waals surface area contributed by atoms with Crippen LogP contribution in [0.1, 0.15) is 16.8 Å². The molecule has 1 rings (SSSR count). The molecule has 86 valence electrons. The first kappa shape index (κ1) is 12.5. The van der Waals surface area contributed by atoms with Gasteiger partial charge >= 0.3 is 5.97 Å². The Bertz CT molecular complexity index is 434. The molecule has 5 N–H and O–H groups in total. The maximum Gasteiger partial charge on any atom is 0.320 e. The Morgan fingerprint density at radius 1 is 1.44 bits per heavy atom. The zero-order valence-corrected chi connectivity index (χ0v) is 9.07. The fraction of sp³-hybridized carbons (Fsp3) is 0.200. The average molecular weight is 243 g/mol. The summed E-state index contributed by atoms with van der Waals surface area (Å²) in [7, 11) is 0. The third-order valence-electron chi connectivity index (χ3n) is 2.04. The van der Waals surface area contributed by atoms with E-state index in [1.807, 2.05) is 0 Å². The second-order valence-electron chi connectivity index (χ2n) is 3.30. The van der Waals surface area contributed by atoms with Crippen molar-refractivity contribution in [1.29, 1.82) is 0 Å². The highest BCUT2D eigenvalue weighted by Crippen LogP contribution is 2.19. The highest BCUT2D eigenvalue weighted by atomic mass is 35.5. The third-order valence-corrected chi connectivity index (χ3v) is 2.27. The molecule has 5 nitrogen and oxygen atoms in total. The standard InChI is InChI=1S/C10H11ClN2O3/c11-5-1-2-6(7(12)3-5)9(14)4-8(13)10(15)16/h1-3,8H,4,12-13H2,(H,15,16)/t8-/m1/s1. The summed E-state index contributed by atoms with van der Waals surface area (Å²) in [6, 6.07) is 3.18. The lowest BCUT2D eigenvalue weighted by molar-refractivity contribution is -0.138. The molecular formula is C10H11ClN2O3. The first-order valence-electron chi connectivity index (χ1n) is 4.48. The van der Waals surface area contributed by atoms with Gasteiger partial charge in [-0.05, 0) is 18.2 Å². The van der Waals surface area contributed by atoms with E-state index in [-0.39, 0.29) is 17.7 Å². The second kappa shape index (κ2) is 4.96. The minimum atomic E-state index is -1.22. The Hall–Kier alpha value is -1.59. The molecule has 0 aliphatic carbocycles. The Labute approximate surface area is 97.0 Å². The number of nitrogen functional groups attached to an aromatic ring is 1. The van der Waals surface area contributed by atoms with Crippen LogP contribution in [0.25, 0.3) is 0 Å². The largest absolute Gasteiger partial charge is 0.480 e. The molecule has 0 aliphatic heterocycles. The molecular weight excluding hydrogens is 232 g/mol. The molecule has 1 aromatic rings. The minimum absolute atomic E-state index is 0.218. The number of Topliss-reactive ketones (excluding diaryl/α,β-unsaturated/α-hetero) is 1. The number of benzene rings is 1. The fourth-order valence-corrected chi connectivity index (χ4v) is 1.37. The molecule has 0 saturated heterocycles. The van der Waals surface area contributed by atoms with E-state index in [0.29, 0.717) is 5.02 Å². The van der Waals surface area contributed by atoms with E-state index in [9.17, 15) is 9.59 Å². The first-order valence-corrected chi connectivity index (χ1v) is 4.86. The summed E-state index contributed by atoms with van der Waals surface area (Å²) in [5, 5.41) is 8.98. The number of halogens is 1. The van der Waals surface area contributed by atoms with E-state index < -0.39 is 17.8 Å². The van der Waals surface area contributed by atoms with Crippen molar-refractivity contribution >= 4 is 29.0 Å². The molecule has 1 aromatic carbocycles. The quantitative estimate of drug-likeness (QED) is 0.537. The lowest BCUT2D eigenvalue weighted by Crippen LogP contribution is -2.32. The minimum Gasteiger partial charge on any atom is -0.480 e. The Morgan fingerprint density at radius 2 is 2.06 bits per heavy atom. The van der Waals surface area contributed by atoms with Gasteiger partial charge in [0.1, 0.15) is 6.04 Å². The van der Waals surface area contributed by atoms with Gasteiger partial charge in [-0.2, -0.15) is 0 Å². The number of rotatable bonds is 4. The van der Waals surface area contributed by atoms with Crippen LogP contribution in [-0.2, 0) is 4.79 Å². The molecule has 0 amide bonds. The van der Waals surface area contributed by atoms with E-state index in [4.69, 9.17) is 28.2 Å². The van der Waals surface area contributed by atoms with Gasteiger partial charge in [0.05, 0.1) is 0 Å². The summed E-state index contributed by atoms with van der Waals surface area (Å²) in [4.78, 5) is 22.1. The van der Waals surface area contributed by atoms with Crippen molar-refractivity contribution in [2.24, 2.45) is 5.73 Å². The predicted octanol–water partition coefficient (Wildman–Crippen LogP) is 0.907. The van der Waals surface area contributed by atoms with Crippen molar-refractivity contribution in [3.8, 4) is 0 Å². The lowest BCUT2D eigenvalue weighted by Gasteiger charge is -2.07. The normalized spacial score (nSPS) is 12.1. The van der Waals surface area contributed by atoms with Crippen LogP contribution < -0.4 is 11.5 Å². The number of hydrogen-bond acceptors (Lipinski definition) is 4. The van der Waals surface area contributed by atoms with Gasteiger partial charge in [0.25, 0.3) is 0 Å². The van der Waals surface area contributed by atoms with Gasteiger partial charge in [0.15, 0.2) is 5.78 Å². The molecule has 0 fully saturated rings. The Kier molecular flexibility index (Phi) is 3.87. The zero-order chi connectivity index (χ0) is 12.3. The summed E-state index contributed by atoms with van der Waals surface area (Å²) in [6.45, 7) is 0. The summed E-state index contributed by atoms with van der Waals surface area (Å²) in [5.41, 5.74) is 11.3. The van der Waals surface area contributed by atoms with E-state index in [1.54, 1.807) is 0 Å². The highest BCUT2D eigenvalue weighted by molar-refractivity contribution is 6.31. The van der Waals surface area contributed by atoms with Gasteiger partial charge in [-0.15, -0.1) is 0 Å². The highest BCUT2D eigenvalue weighted by Gasteiger charge is 2.18. The van der Waals surface area contributed by atoms with Gasteiger partial charge < -0.3 is 16.6 Å². The Morgan fingerprint density at radius 3 is 2.56 bits per heavy atom. The zero-order valence-electron chi connectivity index (χ0n) is 8.31. The molecule has 0 saturated carbocycles. The molecule has 0 radical (unpaired) electrons. The number of hydrogen-bond donors (Lipinski definition) is 3. The third kappa shape index (κ3) is 2.95. The average Bonchev–Trinajstić information content (AvgIpc) is 2.16. The summed E-state index contributed by atoms with van der Waals surface area (Å²) in [5.74, 6) is -1.63. The number of nitrogens with two attached hydrogens (primary N) is 2. The molecule has 0 bridgehead atoms. The van der Waals surface area contributed by atoms with Crippen molar-refractivity contribution in [3.05, 3.63) is 28.8 Å². The molecule has 0 spiro atoms. The fourth-order valence-electron chi connectivity index (χ4n) is 1.18. The molecule has 1 atom stereocenters. The summed E-state index contributed by atoms with van der Waals surface area (Å²) >= 11 is 5.67. The smallest absolute Gasteiger partial charge is 0.320 e. The van der Waals surface area contributed by atoms with E-state index in [2.05, 4.69) is 0 Å². The van der Waals surface area contributed by atoms with E-state index in [0.717, 1.165) is 0 Å². The Balaban J connectivity index is 2.85. The predicted molar refractivity (Wildman–Crippen MR) is 60.4 cm³/mol. The number of aliphatic carboxylic acids is 1. The number of carbonyl (C=O) groups is 2.